The molecule has 1 aromatic rings. The molecule has 0 unspecified atom stereocenters. The van der Waals surface area contributed by atoms with Crippen LogP contribution in [-0.2, 0) is 13.1 Å². The van der Waals surface area contributed by atoms with Gasteiger partial charge >= 0.3 is 6.18 Å². The summed E-state index contributed by atoms with van der Waals surface area (Å²) in [6.45, 7) is 2.57. The third kappa shape index (κ3) is 2.66. The van der Waals surface area contributed by atoms with E-state index in [1.807, 2.05) is 4.57 Å². The Morgan fingerprint density at radius 2 is 2.00 bits per heavy atom. The number of fused-ring (bicyclic) bond motifs is 1. The van der Waals surface area contributed by atoms with Crippen molar-refractivity contribution in [1.29, 1.82) is 0 Å². The fourth-order valence-electron chi connectivity index (χ4n) is 3.60. The Labute approximate surface area is 121 Å². The quantitative estimate of drug-likeness (QED) is 0.900. The minimum atomic E-state index is -4.08. The highest BCUT2D eigenvalue weighted by atomic mass is 19.4. The molecule has 0 amide bonds. The van der Waals surface area contributed by atoms with Crippen LogP contribution in [0.15, 0.2) is 6.33 Å². The van der Waals surface area contributed by atoms with Crippen molar-refractivity contribution in [2.45, 2.75) is 50.5 Å². The van der Waals surface area contributed by atoms with Crippen LogP contribution < -0.4 is 5.73 Å². The number of hydrogen-bond acceptors (Lipinski definition) is 4. The maximum atomic E-state index is 12.8. The molecule has 5 nitrogen and oxygen atoms in total. The van der Waals surface area contributed by atoms with Gasteiger partial charge in [0.05, 0.1) is 12.5 Å². The van der Waals surface area contributed by atoms with Gasteiger partial charge in [-0.05, 0) is 25.7 Å². The van der Waals surface area contributed by atoms with Gasteiger partial charge < -0.3 is 10.3 Å². The van der Waals surface area contributed by atoms with E-state index in [0.717, 1.165) is 18.9 Å². The Kier molecular flexibility index (Phi) is 3.69. The van der Waals surface area contributed by atoms with Crippen LogP contribution in [0, 0.1) is 5.92 Å². The van der Waals surface area contributed by atoms with Crippen molar-refractivity contribution >= 4 is 0 Å². The maximum Gasteiger partial charge on any atom is 0.391 e. The van der Waals surface area contributed by atoms with E-state index in [0.29, 0.717) is 25.9 Å². The molecule has 0 bridgehead atoms. The van der Waals surface area contributed by atoms with Gasteiger partial charge in [-0.2, -0.15) is 13.2 Å². The first-order valence-electron chi connectivity index (χ1n) is 7.33. The Balaban J connectivity index is 1.72. The van der Waals surface area contributed by atoms with E-state index >= 15 is 0 Å². The number of rotatable bonds is 2. The molecule has 1 fully saturated rings. The molecular weight excluding hydrogens is 283 g/mol. The van der Waals surface area contributed by atoms with Gasteiger partial charge in [-0.15, -0.1) is 10.2 Å². The van der Waals surface area contributed by atoms with Crippen LogP contribution in [-0.4, -0.2) is 44.5 Å². The van der Waals surface area contributed by atoms with Crippen molar-refractivity contribution in [2.75, 3.05) is 13.1 Å². The predicted octanol–water partition coefficient (Wildman–Crippen LogP) is 1.54. The summed E-state index contributed by atoms with van der Waals surface area (Å²) in [6, 6.07) is 0. The van der Waals surface area contributed by atoms with Crippen molar-refractivity contribution < 1.29 is 13.2 Å². The van der Waals surface area contributed by atoms with Gasteiger partial charge in [-0.3, -0.25) is 4.90 Å². The number of aromatic nitrogens is 3. The van der Waals surface area contributed by atoms with E-state index in [-0.39, 0.29) is 18.4 Å². The SMILES string of the molecule is NCC1(N2CCn3cnnc3C2)CCC(C(F)(F)F)CC1. The number of alkyl halides is 3. The largest absolute Gasteiger partial charge is 0.391 e. The van der Waals surface area contributed by atoms with Crippen LogP contribution >= 0.6 is 0 Å². The lowest BCUT2D eigenvalue weighted by atomic mass is 9.75. The first-order valence-corrected chi connectivity index (χ1v) is 7.33. The topological polar surface area (TPSA) is 60.0 Å². The lowest BCUT2D eigenvalue weighted by molar-refractivity contribution is -0.189. The van der Waals surface area contributed by atoms with E-state index in [2.05, 4.69) is 15.1 Å². The van der Waals surface area contributed by atoms with Crippen LogP contribution in [0.1, 0.15) is 31.5 Å². The molecule has 1 aromatic heterocycles. The van der Waals surface area contributed by atoms with Crippen molar-refractivity contribution in [3.8, 4) is 0 Å². The summed E-state index contributed by atoms with van der Waals surface area (Å²) in [4.78, 5) is 2.21. The third-order valence-electron chi connectivity index (χ3n) is 5.07. The summed E-state index contributed by atoms with van der Waals surface area (Å²) in [5.74, 6) is -0.308. The monoisotopic (exact) mass is 303 g/mol. The van der Waals surface area contributed by atoms with Gasteiger partial charge in [-0.25, -0.2) is 0 Å². The fraction of sp³-hybridized carbons (Fsp3) is 0.846. The number of halogens is 3. The zero-order valence-corrected chi connectivity index (χ0v) is 11.8. The van der Waals surface area contributed by atoms with E-state index in [4.69, 9.17) is 5.73 Å². The zero-order chi connectivity index (χ0) is 15.1. The molecule has 0 saturated heterocycles. The van der Waals surface area contributed by atoms with Crippen LogP contribution in [0.4, 0.5) is 13.2 Å². The van der Waals surface area contributed by atoms with Gasteiger partial charge in [0.2, 0.25) is 0 Å². The van der Waals surface area contributed by atoms with Crippen molar-refractivity contribution in [1.82, 2.24) is 19.7 Å². The number of hydrogen-bond donors (Lipinski definition) is 1. The molecule has 21 heavy (non-hydrogen) atoms. The second-order valence-electron chi connectivity index (χ2n) is 6.11. The Morgan fingerprint density at radius 1 is 1.29 bits per heavy atom. The maximum absolute atomic E-state index is 12.8. The minimum Gasteiger partial charge on any atom is -0.329 e. The van der Waals surface area contributed by atoms with E-state index < -0.39 is 12.1 Å². The van der Waals surface area contributed by atoms with Gasteiger partial charge in [0.25, 0.3) is 0 Å². The second kappa shape index (κ2) is 5.24. The molecule has 8 heteroatoms. The molecule has 0 atom stereocenters. The Hall–Kier alpha value is -1.15. The average Bonchev–Trinajstić information content (AvgIpc) is 2.93. The van der Waals surface area contributed by atoms with Crippen molar-refractivity contribution in [3.63, 3.8) is 0 Å². The normalized spacial score (nSPS) is 31.1. The lowest BCUT2D eigenvalue weighted by Crippen LogP contribution is -2.58. The third-order valence-corrected chi connectivity index (χ3v) is 5.07. The minimum absolute atomic E-state index is 0.171. The first kappa shape index (κ1) is 14.8. The zero-order valence-electron chi connectivity index (χ0n) is 11.8. The fourth-order valence-corrected chi connectivity index (χ4v) is 3.60. The van der Waals surface area contributed by atoms with Crippen LogP contribution in [0.5, 0.6) is 0 Å². The smallest absolute Gasteiger partial charge is 0.329 e. The summed E-state index contributed by atoms with van der Waals surface area (Å²) < 4.78 is 40.5. The van der Waals surface area contributed by atoms with Crippen LogP contribution in [0.25, 0.3) is 0 Å². The second-order valence-corrected chi connectivity index (χ2v) is 6.11. The molecule has 2 aliphatic rings. The van der Waals surface area contributed by atoms with Gasteiger partial charge in [0.15, 0.2) is 0 Å². The van der Waals surface area contributed by atoms with Crippen molar-refractivity contribution in [2.24, 2.45) is 11.7 Å². The van der Waals surface area contributed by atoms with Gasteiger partial charge in [0.1, 0.15) is 12.2 Å². The molecule has 3 rings (SSSR count). The highest BCUT2D eigenvalue weighted by Gasteiger charge is 2.47. The summed E-state index contributed by atoms with van der Waals surface area (Å²) in [6.07, 6.45) is -1.04. The summed E-state index contributed by atoms with van der Waals surface area (Å²) in [5.41, 5.74) is 5.63. The molecular formula is C13H20F3N5. The Bertz CT molecular complexity index is 490. The summed E-state index contributed by atoms with van der Waals surface area (Å²) in [7, 11) is 0. The van der Waals surface area contributed by atoms with Crippen molar-refractivity contribution in [3.05, 3.63) is 12.2 Å². The van der Waals surface area contributed by atoms with Crippen LogP contribution in [0.3, 0.4) is 0 Å². The molecule has 0 aromatic carbocycles. The highest BCUT2D eigenvalue weighted by molar-refractivity contribution is 5.01. The standard InChI is InChI=1S/C13H20F3N5/c14-13(15,16)10-1-3-12(8-17,4-2-10)21-6-5-20-9-18-19-11(20)7-21/h9-10H,1-8,17H2. The number of nitrogens with two attached hydrogens (primary N) is 1. The summed E-state index contributed by atoms with van der Waals surface area (Å²) >= 11 is 0. The average molecular weight is 303 g/mol. The molecule has 1 saturated carbocycles. The predicted molar refractivity (Wildman–Crippen MR) is 70.2 cm³/mol. The molecule has 0 radical (unpaired) electrons. The molecule has 1 aliphatic carbocycles. The number of nitrogens with zero attached hydrogens (tertiary/aromatic N) is 4. The molecule has 2 N–H and O–H groups in total. The van der Waals surface area contributed by atoms with Gasteiger partial charge in [-0.1, -0.05) is 0 Å². The van der Waals surface area contributed by atoms with Crippen LogP contribution in [0.2, 0.25) is 0 Å². The highest BCUT2D eigenvalue weighted by Crippen LogP contribution is 2.43. The Morgan fingerprint density at radius 3 is 2.62 bits per heavy atom. The summed E-state index contributed by atoms with van der Waals surface area (Å²) in [5, 5.41) is 7.95. The molecule has 0 spiro atoms. The first-order chi connectivity index (χ1) is 9.94. The lowest BCUT2D eigenvalue weighted by Gasteiger charge is -2.48. The molecule has 2 heterocycles. The molecule has 1 aliphatic heterocycles. The van der Waals surface area contributed by atoms with E-state index in [1.54, 1.807) is 6.33 Å². The molecule has 118 valence electrons. The van der Waals surface area contributed by atoms with Gasteiger partial charge in [0, 0.05) is 25.2 Å². The van der Waals surface area contributed by atoms with E-state index in [9.17, 15) is 13.2 Å². The van der Waals surface area contributed by atoms with E-state index in [1.165, 1.54) is 0 Å².